The van der Waals surface area contributed by atoms with Gasteiger partial charge in [-0.15, -0.1) is 0 Å². The van der Waals surface area contributed by atoms with E-state index in [2.05, 4.69) is 77.3 Å². The number of hydrazone groups is 1. The molecule has 0 spiro atoms. The third kappa shape index (κ3) is 8.67. The quantitative estimate of drug-likeness (QED) is 0.215. The molecule has 194 valence electrons. The van der Waals surface area contributed by atoms with Gasteiger partial charge in [-0.25, -0.2) is 0 Å². The maximum absolute atomic E-state index is 7.54. The molecule has 0 amide bonds. The van der Waals surface area contributed by atoms with Crippen LogP contribution in [0.25, 0.3) is 0 Å². The number of nitrogens with zero attached hydrogens (tertiary/aromatic N) is 3. The molecule has 2 aromatic rings. The van der Waals surface area contributed by atoms with Crippen LogP contribution in [-0.4, -0.2) is 47.7 Å². The number of nitrogens with one attached hydrogen (secondary N) is 1. The molecule has 4 atom stereocenters. The predicted molar refractivity (Wildman–Crippen MR) is 150 cm³/mol. The lowest BCUT2D eigenvalue weighted by molar-refractivity contribution is 0.318. The molecule has 2 saturated heterocycles. The van der Waals surface area contributed by atoms with E-state index in [4.69, 9.17) is 22.7 Å². The van der Waals surface area contributed by atoms with Crippen LogP contribution in [0.1, 0.15) is 39.8 Å². The first-order valence-electron chi connectivity index (χ1n) is 11.8. The topological polar surface area (TPSA) is 121 Å². The van der Waals surface area contributed by atoms with E-state index in [1.807, 2.05) is 12.1 Å². The van der Waals surface area contributed by atoms with E-state index in [0.717, 1.165) is 39.3 Å². The van der Waals surface area contributed by atoms with Gasteiger partial charge in [0, 0.05) is 51.1 Å². The van der Waals surface area contributed by atoms with Crippen LogP contribution < -0.4 is 17.3 Å². The van der Waals surface area contributed by atoms with Gasteiger partial charge in [-0.05, 0) is 23.0 Å². The van der Waals surface area contributed by atoms with Crippen LogP contribution in [0, 0.1) is 29.1 Å². The van der Waals surface area contributed by atoms with Crippen LogP contribution in [0.15, 0.2) is 65.8 Å². The Bertz CT molecular complexity index is 900. The van der Waals surface area contributed by atoms with Gasteiger partial charge in [-0.3, -0.25) is 15.2 Å². The Kier molecular flexibility index (Phi) is 12.5. The normalized spacial score (nSPS) is 24.6. The molecule has 0 saturated carbocycles. The highest BCUT2D eigenvalue weighted by Gasteiger charge is 2.32. The molecular weight excluding hydrogens is 434 g/mol. The smallest absolute Gasteiger partial charge is 0.124 e. The molecule has 7 N–H and O–H groups in total. The van der Waals surface area contributed by atoms with E-state index >= 15 is 0 Å². The molecule has 2 aliphatic heterocycles. The number of nitrogens with two attached hydrogens (primary N) is 3. The van der Waals surface area contributed by atoms with Crippen LogP contribution in [-0.2, 0) is 13.1 Å². The molecule has 2 fully saturated rings. The van der Waals surface area contributed by atoms with Gasteiger partial charge in [-0.2, -0.15) is 5.10 Å². The summed E-state index contributed by atoms with van der Waals surface area (Å²) in [6, 6.07) is 20.9. The standard InChI is InChI=1S/C13H20N4.C13H19N3.2CH4/c1-10-7-17(9-12(10)13(14)16-15)8-11-5-3-2-4-6-11;1-10-7-16(9-12(10)13(14)15)8-11-5-3-2-4-6-11;;/h2-6,10,12H,7-9,15H2,1H3,(H2,14,16);2-6,10,12H,7-9H2,1H3,(H3,14,15);2*1H4/t10-,12-;10-,12?;;/m11../s1. The first kappa shape index (κ1) is 30.1. The second-order valence-electron chi connectivity index (χ2n) is 9.54. The Morgan fingerprint density at radius 3 is 1.54 bits per heavy atom. The van der Waals surface area contributed by atoms with E-state index in [1.165, 1.54) is 11.1 Å². The minimum Gasteiger partial charge on any atom is -0.387 e. The van der Waals surface area contributed by atoms with Crippen molar-refractivity contribution >= 4 is 11.7 Å². The van der Waals surface area contributed by atoms with Crippen molar-refractivity contribution in [1.82, 2.24) is 9.80 Å². The number of benzene rings is 2. The summed E-state index contributed by atoms with van der Waals surface area (Å²) in [6.07, 6.45) is 0. The van der Waals surface area contributed by atoms with Gasteiger partial charge in [0.2, 0.25) is 0 Å². The number of amidine groups is 2. The van der Waals surface area contributed by atoms with Gasteiger partial charge < -0.3 is 17.3 Å². The third-order valence-corrected chi connectivity index (χ3v) is 6.80. The van der Waals surface area contributed by atoms with Crippen LogP contribution in [0.2, 0.25) is 0 Å². The number of likely N-dealkylation sites (tertiary alicyclic amines) is 2. The molecular formula is C28H47N7. The van der Waals surface area contributed by atoms with Crippen molar-refractivity contribution in [1.29, 1.82) is 5.41 Å². The molecule has 2 aliphatic rings. The predicted octanol–water partition coefficient (Wildman–Crippen LogP) is 3.95. The Balaban J connectivity index is 0.000000332. The van der Waals surface area contributed by atoms with Crippen LogP contribution in [0.3, 0.4) is 0 Å². The van der Waals surface area contributed by atoms with Crippen molar-refractivity contribution in [3.8, 4) is 0 Å². The maximum Gasteiger partial charge on any atom is 0.124 e. The highest BCUT2D eigenvalue weighted by atomic mass is 15.2. The van der Waals surface area contributed by atoms with Crippen LogP contribution in [0.4, 0.5) is 0 Å². The summed E-state index contributed by atoms with van der Waals surface area (Å²) in [7, 11) is 0. The largest absolute Gasteiger partial charge is 0.387 e. The van der Waals surface area contributed by atoms with E-state index in [9.17, 15) is 0 Å². The highest BCUT2D eigenvalue weighted by Crippen LogP contribution is 2.25. The van der Waals surface area contributed by atoms with Crippen molar-refractivity contribution in [3.05, 3.63) is 71.8 Å². The van der Waals surface area contributed by atoms with Gasteiger partial charge in [-0.1, -0.05) is 89.4 Å². The number of rotatable bonds is 6. The molecule has 7 nitrogen and oxygen atoms in total. The van der Waals surface area contributed by atoms with Crippen molar-refractivity contribution < 1.29 is 0 Å². The SMILES string of the molecule is C.C.C[C@@H]1CN(Cc2ccccc2)CC1C(=N)N.C[C@@H]1CN(Cc2ccccc2)C[C@H]1C(N)=NN. The summed E-state index contributed by atoms with van der Waals surface area (Å²) in [6.45, 7) is 10.3. The fourth-order valence-corrected chi connectivity index (χ4v) is 4.96. The van der Waals surface area contributed by atoms with Crippen molar-refractivity contribution in [2.24, 2.45) is 46.1 Å². The Morgan fingerprint density at radius 2 is 1.17 bits per heavy atom. The molecule has 0 aromatic heterocycles. The van der Waals surface area contributed by atoms with E-state index in [0.29, 0.717) is 29.4 Å². The average molecular weight is 482 g/mol. The van der Waals surface area contributed by atoms with Crippen molar-refractivity contribution in [3.63, 3.8) is 0 Å². The lowest BCUT2D eigenvalue weighted by Gasteiger charge is -2.15. The number of hydrogen-bond donors (Lipinski definition) is 4. The number of hydrogen-bond acceptors (Lipinski definition) is 5. The zero-order valence-electron chi connectivity index (χ0n) is 19.9. The molecule has 35 heavy (non-hydrogen) atoms. The molecule has 0 radical (unpaired) electrons. The average Bonchev–Trinajstić information content (AvgIpc) is 3.36. The van der Waals surface area contributed by atoms with Crippen LogP contribution in [0.5, 0.6) is 0 Å². The lowest BCUT2D eigenvalue weighted by atomic mass is 9.97. The summed E-state index contributed by atoms with van der Waals surface area (Å²) in [5, 5.41) is 11.2. The van der Waals surface area contributed by atoms with Gasteiger partial charge in [0.05, 0.1) is 5.84 Å². The third-order valence-electron chi connectivity index (χ3n) is 6.80. The van der Waals surface area contributed by atoms with E-state index in [-0.39, 0.29) is 20.8 Å². The fourth-order valence-electron chi connectivity index (χ4n) is 4.96. The Labute approximate surface area is 212 Å². The van der Waals surface area contributed by atoms with E-state index < -0.39 is 0 Å². The Hall–Kier alpha value is -2.90. The van der Waals surface area contributed by atoms with Crippen LogP contribution >= 0.6 is 0 Å². The molecule has 4 rings (SSSR count). The van der Waals surface area contributed by atoms with Gasteiger partial charge >= 0.3 is 0 Å². The zero-order chi connectivity index (χ0) is 23.8. The molecule has 2 heterocycles. The summed E-state index contributed by atoms with van der Waals surface area (Å²) in [5.74, 6) is 7.72. The van der Waals surface area contributed by atoms with Gasteiger partial charge in [0.25, 0.3) is 0 Å². The second-order valence-corrected chi connectivity index (χ2v) is 9.54. The van der Waals surface area contributed by atoms with Gasteiger partial charge in [0.15, 0.2) is 0 Å². The van der Waals surface area contributed by atoms with E-state index in [1.54, 1.807) is 0 Å². The second kappa shape index (κ2) is 14.5. The first-order valence-corrected chi connectivity index (χ1v) is 11.8. The minimum absolute atomic E-state index is 0. The van der Waals surface area contributed by atoms with Crippen molar-refractivity contribution in [2.75, 3.05) is 26.2 Å². The summed E-state index contributed by atoms with van der Waals surface area (Å²) >= 11 is 0. The summed E-state index contributed by atoms with van der Waals surface area (Å²) in [4.78, 5) is 4.79. The summed E-state index contributed by atoms with van der Waals surface area (Å²) < 4.78 is 0. The fraction of sp³-hybridized carbons (Fsp3) is 0.500. The molecule has 7 heteroatoms. The van der Waals surface area contributed by atoms with Crippen molar-refractivity contribution in [2.45, 2.75) is 41.8 Å². The van der Waals surface area contributed by atoms with Gasteiger partial charge in [0.1, 0.15) is 5.84 Å². The molecule has 2 aromatic carbocycles. The monoisotopic (exact) mass is 481 g/mol. The Morgan fingerprint density at radius 1 is 0.771 bits per heavy atom. The summed E-state index contributed by atoms with van der Waals surface area (Å²) in [5.41, 5.74) is 14.1. The zero-order valence-corrected chi connectivity index (χ0v) is 19.9. The minimum atomic E-state index is 0. The lowest BCUT2D eigenvalue weighted by Crippen LogP contribution is -2.30. The molecule has 0 bridgehead atoms. The molecule has 0 aliphatic carbocycles. The molecule has 1 unspecified atom stereocenters. The maximum atomic E-state index is 7.54. The highest BCUT2D eigenvalue weighted by molar-refractivity contribution is 5.83. The first-order chi connectivity index (χ1) is 15.9.